The monoisotopic (exact) mass is 284 g/mol. The average molecular weight is 284 g/mol. The van der Waals surface area contributed by atoms with Crippen molar-refractivity contribution in [3.63, 3.8) is 0 Å². The molecular weight excluding hydrogens is 275 g/mol. The van der Waals surface area contributed by atoms with Crippen molar-refractivity contribution in [3.05, 3.63) is 23.8 Å². The molecule has 0 saturated heterocycles. The number of thioether (sulfide) groups is 1. The first kappa shape index (κ1) is 15.6. The maximum Gasteiger partial charge on any atom is 1.00 e. The van der Waals surface area contributed by atoms with Crippen LogP contribution in [0.15, 0.2) is 23.4 Å². The first-order valence-corrected chi connectivity index (χ1v) is 5.73. The number of aryl methyl sites for hydroxylation is 1. The third kappa shape index (κ3) is 4.61. The zero-order valence-corrected chi connectivity index (χ0v) is 13.4. The number of aromatic nitrogens is 2. The Morgan fingerprint density at radius 3 is 2.71 bits per heavy atom. The van der Waals surface area contributed by atoms with Gasteiger partial charge in [-0.05, 0) is 30.3 Å². The molecule has 1 aromatic heterocycles. The summed E-state index contributed by atoms with van der Waals surface area (Å²) in [5, 5.41) is 0.319. The number of nitrogens with one attached hydrogen (secondary N) is 1. The number of fused-ring (bicyclic) bond motifs is 1. The van der Waals surface area contributed by atoms with Gasteiger partial charge < -0.3 is 17.9 Å². The number of benzene rings is 1. The molecule has 0 fully saturated rings. The van der Waals surface area contributed by atoms with Gasteiger partial charge >= 0.3 is 58.4 Å². The largest absolute Gasteiger partial charge is 1.00 e. The van der Waals surface area contributed by atoms with Crippen molar-refractivity contribution in [3.8, 4) is 0 Å². The standard InChI is InChI=1S/C9H9BF3N2S.K/c1-6-2-3-7-8(4-6)15-9(14-7)16-5-10(11,12)13;/h2-4H,5H2,1H3,(H,14,15);/q-1;+1. The van der Waals surface area contributed by atoms with Gasteiger partial charge in [-0.2, -0.15) is 0 Å². The van der Waals surface area contributed by atoms with Gasteiger partial charge in [-0.3, -0.25) is 0 Å². The second-order valence-electron chi connectivity index (χ2n) is 3.58. The van der Waals surface area contributed by atoms with Crippen LogP contribution in [-0.2, 0) is 0 Å². The number of hydrogen-bond donors (Lipinski definition) is 1. The van der Waals surface area contributed by atoms with Gasteiger partial charge in [-0.25, -0.2) is 4.98 Å². The van der Waals surface area contributed by atoms with E-state index in [1.165, 1.54) is 0 Å². The summed E-state index contributed by atoms with van der Waals surface area (Å²) in [6.07, 6.45) is 0. The maximum atomic E-state index is 12.1. The Kier molecular flexibility index (Phi) is 5.61. The van der Waals surface area contributed by atoms with E-state index in [1.807, 2.05) is 19.1 Å². The second-order valence-corrected chi connectivity index (χ2v) is 4.59. The van der Waals surface area contributed by atoms with E-state index in [2.05, 4.69) is 9.97 Å². The molecule has 2 nitrogen and oxygen atoms in total. The van der Waals surface area contributed by atoms with Crippen molar-refractivity contribution < 1.29 is 64.3 Å². The van der Waals surface area contributed by atoms with E-state index in [0.717, 1.165) is 11.1 Å². The molecular formula is C9H9BF3KN2S. The van der Waals surface area contributed by atoms with Crippen molar-refractivity contribution >= 4 is 29.8 Å². The van der Waals surface area contributed by atoms with E-state index < -0.39 is 12.6 Å². The Hall–Kier alpha value is 0.531. The van der Waals surface area contributed by atoms with Gasteiger partial charge in [-0.15, -0.1) is 11.8 Å². The number of H-pyrrole nitrogens is 1. The van der Waals surface area contributed by atoms with Gasteiger partial charge in [0.25, 0.3) is 0 Å². The third-order valence-corrected chi connectivity index (χ3v) is 3.04. The van der Waals surface area contributed by atoms with Crippen LogP contribution in [0.4, 0.5) is 12.9 Å². The fraction of sp³-hybridized carbons (Fsp3) is 0.222. The van der Waals surface area contributed by atoms with Crippen LogP contribution in [0.1, 0.15) is 5.56 Å². The van der Waals surface area contributed by atoms with Crippen molar-refractivity contribution in [2.75, 3.05) is 5.65 Å². The third-order valence-electron chi connectivity index (χ3n) is 2.02. The maximum absolute atomic E-state index is 12.1. The Morgan fingerprint density at radius 1 is 1.35 bits per heavy atom. The summed E-state index contributed by atoms with van der Waals surface area (Å²) in [6.45, 7) is -2.84. The van der Waals surface area contributed by atoms with E-state index in [-0.39, 0.29) is 51.4 Å². The molecule has 2 rings (SSSR count). The minimum absolute atomic E-state index is 0. The minimum atomic E-state index is -4.77. The summed E-state index contributed by atoms with van der Waals surface area (Å²) in [6, 6.07) is 5.54. The number of rotatable bonds is 3. The predicted octanol–water partition coefficient (Wildman–Crippen LogP) is 0.354. The van der Waals surface area contributed by atoms with Gasteiger partial charge in [0.05, 0.1) is 11.0 Å². The molecule has 0 bridgehead atoms. The van der Waals surface area contributed by atoms with Crippen LogP contribution in [-0.4, -0.2) is 22.6 Å². The Labute approximate surface area is 144 Å². The zero-order chi connectivity index (χ0) is 11.8. The van der Waals surface area contributed by atoms with Crippen molar-refractivity contribution in [2.45, 2.75) is 12.1 Å². The molecule has 1 aromatic carbocycles. The molecule has 86 valence electrons. The van der Waals surface area contributed by atoms with Crippen LogP contribution < -0.4 is 51.4 Å². The molecule has 0 amide bonds. The van der Waals surface area contributed by atoms with Crippen molar-refractivity contribution in [2.24, 2.45) is 0 Å². The molecule has 0 radical (unpaired) electrons. The molecule has 0 saturated carbocycles. The molecule has 17 heavy (non-hydrogen) atoms. The van der Waals surface area contributed by atoms with Crippen LogP contribution in [0.3, 0.4) is 0 Å². The minimum Gasteiger partial charge on any atom is -0.448 e. The summed E-state index contributed by atoms with van der Waals surface area (Å²) in [5.41, 5.74) is 1.66. The molecule has 0 aliphatic heterocycles. The van der Waals surface area contributed by atoms with Gasteiger partial charge in [0.15, 0.2) is 5.16 Å². The van der Waals surface area contributed by atoms with Crippen LogP contribution in [0.2, 0.25) is 0 Å². The summed E-state index contributed by atoms with van der Waals surface area (Å²) < 4.78 is 36.2. The summed E-state index contributed by atoms with van der Waals surface area (Å²) >= 11 is 0.695. The zero-order valence-electron chi connectivity index (χ0n) is 9.51. The summed E-state index contributed by atoms with van der Waals surface area (Å²) in [5.74, 6) is 0. The van der Waals surface area contributed by atoms with Crippen LogP contribution in [0, 0.1) is 6.92 Å². The molecule has 0 spiro atoms. The topological polar surface area (TPSA) is 28.7 Å². The van der Waals surface area contributed by atoms with Gasteiger partial charge in [-0.1, -0.05) is 6.07 Å². The van der Waals surface area contributed by atoms with Crippen LogP contribution in [0.25, 0.3) is 11.0 Å². The van der Waals surface area contributed by atoms with Gasteiger partial charge in [0, 0.05) is 0 Å². The number of halogens is 3. The van der Waals surface area contributed by atoms with E-state index in [1.54, 1.807) is 6.07 Å². The van der Waals surface area contributed by atoms with Crippen LogP contribution in [0.5, 0.6) is 0 Å². The first-order valence-electron chi connectivity index (χ1n) is 4.74. The van der Waals surface area contributed by atoms with Crippen molar-refractivity contribution in [1.82, 2.24) is 9.97 Å². The Balaban J connectivity index is 0.00000144. The summed E-state index contributed by atoms with van der Waals surface area (Å²) in [7, 11) is 0. The first-order chi connectivity index (χ1) is 7.44. The molecule has 1 N–H and O–H groups in total. The SMILES string of the molecule is Cc1ccc2nc(SC[B-](F)(F)F)[nH]c2c1.[K+]. The molecule has 2 aromatic rings. The average Bonchev–Trinajstić information content (AvgIpc) is 2.55. The van der Waals surface area contributed by atoms with Crippen LogP contribution >= 0.6 is 11.8 Å². The Morgan fingerprint density at radius 2 is 2.06 bits per heavy atom. The molecule has 8 heteroatoms. The quantitative estimate of drug-likeness (QED) is 0.651. The molecule has 0 atom stereocenters. The van der Waals surface area contributed by atoms with Gasteiger partial charge in [0.1, 0.15) is 0 Å². The fourth-order valence-electron chi connectivity index (χ4n) is 1.34. The smallest absolute Gasteiger partial charge is 0.448 e. The van der Waals surface area contributed by atoms with Gasteiger partial charge in [0.2, 0.25) is 0 Å². The molecule has 0 aliphatic rings. The second kappa shape index (κ2) is 6.12. The van der Waals surface area contributed by atoms with E-state index >= 15 is 0 Å². The van der Waals surface area contributed by atoms with Crippen molar-refractivity contribution in [1.29, 1.82) is 0 Å². The number of aromatic amines is 1. The summed E-state index contributed by atoms with van der Waals surface area (Å²) in [4.78, 5) is 6.95. The Bertz CT molecular complexity index is 514. The molecule has 0 aliphatic carbocycles. The number of hydrogen-bond acceptors (Lipinski definition) is 2. The number of imidazole rings is 1. The van der Waals surface area contributed by atoms with E-state index in [9.17, 15) is 12.9 Å². The fourth-order valence-corrected chi connectivity index (χ4v) is 2.03. The molecule has 0 unspecified atom stereocenters. The predicted molar refractivity (Wildman–Crippen MR) is 60.6 cm³/mol. The molecule has 1 heterocycles. The van der Waals surface area contributed by atoms with E-state index in [0.29, 0.717) is 22.4 Å². The van der Waals surface area contributed by atoms with E-state index in [4.69, 9.17) is 0 Å². The number of nitrogens with zero attached hydrogens (tertiary/aromatic N) is 1. The normalized spacial score (nSPS) is 11.5.